The number of hydrogen-bond donors (Lipinski definition) is 0. The number of nitrogens with zero attached hydrogens (tertiary/aromatic N) is 2. The molecule has 0 radical (unpaired) electrons. The summed E-state index contributed by atoms with van der Waals surface area (Å²) in [5, 5.41) is 3.53. The highest BCUT2D eigenvalue weighted by Crippen LogP contribution is 2.39. The molecule has 4 heteroatoms. The van der Waals surface area contributed by atoms with E-state index < -0.39 is 0 Å². The van der Waals surface area contributed by atoms with Crippen molar-refractivity contribution >= 4 is 40.8 Å². The number of aromatic nitrogens is 2. The van der Waals surface area contributed by atoms with Gasteiger partial charge in [0.1, 0.15) is 13.4 Å². The van der Waals surface area contributed by atoms with E-state index >= 15 is 0 Å². The second kappa shape index (κ2) is 6.70. The molecule has 3 aromatic heterocycles. The summed E-state index contributed by atoms with van der Waals surface area (Å²) in [6.07, 6.45) is 8.44. The lowest BCUT2D eigenvalue weighted by Crippen LogP contribution is -2.29. The van der Waals surface area contributed by atoms with Crippen LogP contribution in [0.4, 0.5) is 0 Å². The van der Waals surface area contributed by atoms with E-state index in [9.17, 15) is 0 Å². The number of pyridine rings is 2. The van der Waals surface area contributed by atoms with E-state index in [1.165, 1.54) is 37.7 Å². The van der Waals surface area contributed by atoms with Crippen molar-refractivity contribution in [2.24, 2.45) is 0 Å². The number of hydrogen-bond acceptors (Lipinski definition) is 3. The monoisotopic (exact) mass is 390 g/mol. The maximum absolute atomic E-state index is 6.31. The van der Waals surface area contributed by atoms with Crippen molar-refractivity contribution in [1.29, 1.82) is 0 Å². The van der Waals surface area contributed by atoms with Crippen molar-refractivity contribution in [3.63, 3.8) is 0 Å². The molecule has 1 aliphatic rings. The van der Waals surface area contributed by atoms with Gasteiger partial charge in [0.15, 0.2) is 0 Å². The predicted octanol–water partition coefficient (Wildman–Crippen LogP) is 5.99. The van der Waals surface area contributed by atoms with E-state index in [1.54, 1.807) is 0 Å². The zero-order valence-corrected chi connectivity index (χ0v) is 17.2. The van der Waals surface area contributed by atoms with Crippen LogP contribution in [0.15, 0.2) is 71.3 Å². The fourth-order valence-corrected chi connectivity index (χ4v) is 5.10. The first-order chi connectivity index (χ1) is 14.7. The Kier molecular flexibility index (Phi) is 3.95. The maximum Gasteiger partial charge on any atom is 0.227 e. The minimum Gasteiger partial charge on any atom is -0.437 e. The Labute approximate surface area is 176 Å². The molecule has 0 N–H and O–H groups in total. The van der Waals surface area contributed by atoms with Crippen LogP contribution in [0.3, 0.4) is 0 Å². The van der Waals surface area contributed by atoms with E-state index in [0.29, 0.717) is 5.71 Å². The van der Waals surface area contributed by atoms with Gasteiger partial charge in [0.2, 0.25) is 5.71 Å². The number of rotatable bonds is 2. The zero-order chi connectivity index (χ0) is 20.1. The summed E-state index contributed by atoms with van der Waals surface area (Å²) >= 11 is 0. The molecule has 2 aromatic carbocycles. The SMILES string of the molecule is BC1(c2ccnc(-c3cccc4c3oc3nc5ccccc5cc34)c2)CCCCC1. The van der Waals surface area contributed by atoms with Crippen LogP contribution in [0.2, 0.25) is 0 Å². The van der Waals surface area contributed by atoms with E-state index in [-0.39, 0.29) is 5.31 Å². The highest BCUT2D eigenvalue weighted by Gasteiger charge is 2.29. The van der Waals surface area contributed by atoms with Crippen LogP contribution < -0.4 is 0 Å². The van der Waals surface area contributed by atoms with Crippen molar-refractivity contribution in [1.82, 2.24) is 9.97 Å². The van der Waals surface area contributed by atoms with Crippen LogP contribution in [-0.2, 0) is 5.31 Å². The van der Waals surface area contributed by atoms with Crippen LogP contribution >= 0.6 is 0 Å². The molecule has 6 rings (SSSR count). The van der Waals surface area contributed by atoms with Crippen LogP contribution in [0.25, 0.3) is 44.2 Å². The predicted molar refractivity (Wildman–Crippen MR) is 126 cm³/mol. The van der Waals surface area contributed by atoms with E-state index in [4.69, 9.17) is 14.4 Å². The lowest BCUT2D eigenvalue weighted by Gasteiger charge is -2.34. The van der Waals surface area contributed by atoms with Gasteiger partial charge in [0, 0.05) is 27.9 Å². The molecule has 146 valence electrons. The van der Waals surface area contributed by atoms with Gasteiger partial charge in [-0.2, -0.15) is 0 Å². The van der Waals surface area contributed by atoms with Crippen molar-refractivity contribution in [2.45, 2.75) is 37.4 Å². The van der Waals surface area contributed by atoms with Crippen LogP contribution in [-0.4, -0.2) is 17.8 Å². The highest BCUT2D eigenvalue weighted by atomic mass is 16.3. The lowest BCUT2D eigenvalue weighted by molar-refractivity contribution is 0.398. The summed E-state index contributed by atoms with van der Waals surface area (Å²) < 4.78 is 6.31. The number of fused-ring (bicyclic) bond motifs is 4. The van der Waals surface area contributed by atoms with Gasteiger partial charge >= 0.3 is 0 Å². The van der Waals surface area contributed by atoms with Crippen LogP contribution in [0, 0.1) is 0 Å². The topological polar surface area (TPSA) is 38.9 Å². The second-order valence-electron chi connectivity index (χ2n) is 8.87. The first-order valence-electron chi connectivity index (χ1n) is 10.9. The summed E-state index contributed by atoms with van der Waals surface area (Å²) in [5.74, 6) is 0. The van der Waals surface area contributed by atoms with Crippen molar-refractivity contribution in [2.75, 3.05) is 0 Å². The zero-order valence-electron chi connectivity index (χ0n) is 17.2. The Morgan fingerprint density at radius 1 is 0.867 bits per heavy atom. The summed E-state index contributed by atoms with van der Waals surface area (Å²) in [6.45, 7) is 0. The molecule has 0 unspecified atom stereocenters. The Morgan fingerprint density at radius 3 is 2.63 bits per heavy atom. The molecule has 3 nitrogen and oxygen atoms in total. The second-order valence-corrected chi connectivity index (χ2v) is 8.87. The molecule has 0 aliphatic heterocycles. The Hall–Kier alpha value is -3.14. The molecule has 0 amide bonds. The van der Waals surface area contributed by atoms with Crippen molar-refractivity contribution in [3.8, 4) is 11.3 Å². The summed E-state index contributed by atoms with van der Waals surface area (Å²) in [4.78, 5) is 9.50. The van der Waals surface area contributed by atoms with Gasteiger partial charge in [-0.1, -0.05) is 62.4 Å². The molecule has 1 saturated carbocycles. The Morgan fingerprint density at radius 2 is 1.73 bits per heavy atom. The van der Waals surface area contributed by atoms with Gasteiger partial charge in [0.05, 0.1) is 11.2 Å². The number of furan rings is 1. The standard InChI is InChI=1S/C26H23BN2O/c27-26(12-4-1-5-13-26)18-11-14-28-23(16-18)20-9-6-8-19-21-15-17-7-2-3-10-22(17)29-25(21)30-24(19)20/h2-3,6-11,14-16H,1,4-5,12-13,27H2. The minimum absolute atomic E-state index is 0.247. The average Bonchev–Trinajstić information content (AvgIpc) is 3.15. The number of para-hydroxylation sites is 2. The first-order valence-corrected chi connectivity index (χ1v) is 10.9. The van der Waals surface area contributed by atoms with Crippen molar-refractivity contribution in [3.05, 3.63) is 72.4 Å². The van der Waals surface area contributed by atoms with Crippen LogP contribution in [0.5, 0.6) is 0 Å². The molecule has 0 bridgehead atoms. The molecule has 5 aromatic rings. The normalized spacial score (nSPS) is 16.4. The number of benzene rings is 2. The smallest absolute Gasteiger partial charge is 0.227 e. The van der Waals surface area contributed by atoms with Gasteiger partial charge in [-0.25, -0.2) is 4.98 Å². The molecular weight excluding hydrogens is 367 g/mol. The van der Waals surface area contributed by atoms with Gasteiger partial charge < -0.3 is 4.42 Å². The summed E-state index contributed by atoms with van der Waals surface area (Å²) in [6, 6.07) is 21.2. The van der Waals surface area contributed by atoms with Crippen molar-refractivity contribution < 1.29 is 4.42 Å². The molecule has 0 spiro atoms. The van der Waals surface area contributed by atoms with E-state index in [1.807, 2.05) is 24.4 Å². The van der Waals surface area contributed by atoms with E-state index in [2.05, 4.69) is 50.3 Å². The fraction of sp³-hybridized carbons (Fsp3) is 0.231. The lowest BCUT2D eigenvalue weighted by atomic mass is 9.57. The molecular formula is C26H23BN2O. The molecule has 30 heavy (non-hydrogen) atoms. The third-order valence-electron chi connectivity index (χ3n) is 6.88. The van der Waals surface area contributed by atoms with E-state index in [0.717, 1.165) is 38.5 Å². The summed E-state index contributed by atoms with van der Waals surface area (Å²) in [5.41, 5.74) is 5.92. The third kappa shape index (κ3) is 2.74. The quantitative estimate of drug-likeness (QED) is 0.348. The molecule has 1 aliphatic carbocycles. The molecule has 0 saturated heterocycles. The molecule has 0 atom stereocenters. The highest BCUT2D eigenvalue weighted by molar-refractivity contribution is 6.16. The fourth-order valence-electron chi connectivity index (χ4n) is 5.10. The summed E-state index contributed by atoms with van der Waals surface area (Å²) in [7, 11) is 2.41. The first kappa shape index (κ1) is 17.7. The maximum atomic E-state index is 6.31. The third-order valence-corrected chi connectivity index (χ3v) is 6.88. The largest absolute Gasteiger partial charge is 0.437 e. The molecule has 3 heterocycles. The Bertz CT molecular complexity index is 1400. The molecule has 1 fully saturated rings. The van der Waals surface area contributed by atoms with Gasteiger partial charge in [0.25, 0.3) is 0 Å². The van der Waals surface area contributed by atoms with Gasteiger partial charge in [-0.15, -0.1) is 0 Å². The Balaban J connectivity index is 1.54. The average molecular weight is 390 g/mol. The van der Waals surface area contributed by atoms with Crippen LogP contribution in [0.1, 0.15) is 37.7 Å². The van der Waals surface area contributed by atoms with Gasteiger partial charge in [-0.05, 0) is 41.2 Å². The van der Waals surface area contributed by atoms with Gasteiger partial charge in [-0.3, -0.25) is 4.98 Å². The minimum atomic E-state index is 0.247.